The molecule has 0 saturated carbocycles. The Morgan fingerprint density at radius 2 is 2.24 bits per heavy atom. The molecule has 21 heavy (non-hydrogen) atoms. The van der Waals surface area contributed by atoms with Gasteiger partial charge in [-0.2, -0.15) is 0 Å². The molecule has 1 aliphatic heterocycles. The average Bonchev–Trinajstić information content (AvgIpc) is 3.00. The topological polar surface area (TPSA) is 80.9 Å². The first-order chi connectivity index (χ1) is 10.2. The van der Waals surface area contributed by atoms with Crippen molar-refractivity contribution in [1.29, 1.82) is 0 Å². The molecule has 1 aliphatic rings. The Morgan fingerprint density at radius 1 is 1.33 bits per heavy atom. The Balaban J connectivity index is 1.93. The van der Waals surface area contributed by atoms with E-state index in [0.717, 1.165) is 29.9 Å². The molecular formula is C14H10N4O2S. The summed E-state index contributed by atoms with van der Waals surface area (Å²) in [6.07, 6.45) is 3.98. The molecule has 1 N–H and O–H groups in total. The third-order valence-electron chi connectivity index (χ3n) is 3.53. The van der Waals surface area contributed by atoms with E-state index in [1.54, 1.807) is 17.6 Å². The molecule has 3 aromatic rings. The number of pyridine rings is 2. The van der Waals surface area contributed by atoms with E-state index in [1.807, 2.05) is 10.8 Å². The molecule has 0 saturated heterocycles. The van der Waals surface area contributed by atoms with Gasteiger partial charge in [-0.1, -0.05) is 11.3 Å². The van der Waals surface area contributed by atoms with Crippen LogP contribution in [0.3, 0.4) is 0 Å². The highest BCUT2D eigenvalue weighted by molar-refractivity contribution is 7.12. The van der Waals surface area contributed by atoms with Crippen LogP contribution < -0.4 is 5.43 Å². The predicted octanol–water partition coefficient (Wildman–Crippen LogP) is 1.69. The van der Waals surface area contributed by atoms with Crippen LogP contribution in [-0.4, -0.2) is 24.9 Å². The van der Waals surface area contributed by atoms with Gasteiger partial charge in [-0.05, 0) is 18.1 Å². The highest BCUT2D eigenvalue weighted by Crippen LogP contribution is 2.30. The highest BCUT2D eigenvalue weighted by Gasteiger charge is 2.19. The smallest absolute Gasteiger partial charge is 0.192 e. The van der Waals surface area contributed by atoms with Crippen LogP contribution in [-0.2, 0) is 13.0 Å². The molecular weight excluding hydrogens is 288 g/mol. The summed E-state index contributed by atoms with van der Waals surface area (Å²) in [7, 11) is 0. The van der Waals surface area contributed by atoms with E-state index in [1.165, 1.54) is 17.5 Å². The largest absolute Gasteiger partial charge is 0.506 e. The van der Waals surface area contributed by atoms with Crippen LogP contribution in [0.15, 0.2) is 34.8 Å². The van der Waals surface area contributed by atoms with Crippen molar-refractivity contribution in [3.8, 4) is 27.7 Å². The minimum atomic E-state index is -0.0966. The molecule has 0 spiro atoms. The van der Waals surface area contributed by atoms with E-state index in [9.17, 15) is 9.90 Å². The summed E-state index contributed by atoms with van der Waals surface area (Å²) in [6.45, 7) is 0.736. The number of fused-ring (bicyclic) bond motifs is 3. The fourth-order valence-electron chi connectivity index (χ4n) is 2.57. The van der Waals surface area contributed by atoms with Crippen molar-refractivity contribution in [2.24, 2.45) is 0 Å². The van der Waals surface area contributed by atoms with Crippen molar-refractivity contribution < 1.29 is 5.11 Å². The van der Waals surface area contributed by atoms with E-state index in [2.05, 4.69) is 15.2 Å². The van der Waals surface area contributed by atoms with Crippen LogP contribution >= 0.6 is 11.3 Å². The third kappa shape index (κ3) is 1.93. The van der Waals surface area contributed by atoms with Gasteiger partial charge in [0.1, 0.15) is 11.3 Å². The van der Waals surface area contributed by atoms with Crippen LogP contribution in [0.1, 0.15) is 5.56 Å². The van der Waals surface area contributed by atoms with Crippen LogP contribution in [0.5, 0.6) is 5.75 Å². The van der Waals surface area contributed by atoms with Gasteiger partial charge in [-0.25, -0.2) is 0 Å². The fourth-order valence-corrected chi connectivity index (χ4v) is 3.14. The zero-order valence-electron chi connectivity index (χ0n) is 10.9. The molecule has 0 bridgehead atoms. The minimum absolute atomic E-state index is 0.0966. The van der Waals surface area contributed by atoms with Crippen LogP contribution in [0, 0.1) is 0 Å². The first-order valence-corrected chi connectivity index (χ1v) is 7.29. The summed E-state index contributed by atoms with van der Waals surface area (Å²) >= 11 is 1.34. The lowest BCUT2D eigenvalue weighted by molar-refractivity contribution is 0.471. The van der Waals surface area contributed by atoms with Crippen LogP contribution in [0.25, 0.3) is 22.0 Å². The van der Waals surface area contributed by atoms with E-state index in [-0.39, 0.29) is 11.2 Å². The lowest BCUT2D eigenvalue weighted by Gasteiger charge is -2.21. The Kier molecular flexibility index (Phi) is 2.61. The van der Waals surface area contributed by atoms with Gasteiger partial charge >= 0.3 is 0 Å². The summed E-state index contributed by atoms with van der Waals surface area (Å²) in [6, 6.07) is 3.29. The SMILES string of the molecule is O=c1cc2n(cc1-c1nncs1)CCc1cc(O)cnc1-2. The van der Waals surface area contributed by atoms with Gasteiger partial charge in [0.25, 0.3) is 0 Å². The lowest BCUT2D eigenvalue weighted by Crippen LogP contribution is -2.18. The third-order valence-corrected chi connectivity index (χ3v) is 4.26. The molecule has 4 heterocycles. The molecule has 0 amide bonds. The maximum absolute atomic E-state index is 12.3. The zero-order valence-corrected chi connectivity index (χ0v) is 11.7. The molecule has 0 aromatic carbocycles. The first kappa shape index (κ1) is 12.2. The molecule has 0 atom stereocenters. The van der Waals surface area contributed by atoms with Gasteiger partial charge in [0.2, 0.25) is 0 Å². The minimum Gasteiger partial charge on any atom is -0.506 e. The van der Waals surface area contributed by atoms with Crippen molar-refractivity contribution in [2.75, 3.05) is 0 Å². The van der Waals surface area contributed by atoms with E-state index in [4.69, 9.17) is 0 Å². The van der Waals surface area contributed by atoms with Crippen LogP contribution in [0.2, 0.25) is 0 Å². The second-order valence-corrected chi connectivity index (χ2v) is 5.66. The maximum atomic E-state index is 12.3. The second-order valence-electron chi connectivity index (χ2n) is 4.83. The summed E-state index contributed by atoms with van der Waals surface area (Å²) in [5.41, 5.74) is 4.55. The van der Waals surface area contributed by atoms with Crippen LogP contribution in [0.4, 0.5) is 0 Å². The number of aromatic hydroxyl groups is 1. The molecule has 6 nitrogen and oxygen atoms in total. The van der Waals surface area contributed by atoms with Crippen molar-refractivity contribution in [2.45, 2.75) is 13.0 Å². The molecule has 3 aromatic heterocycles. The van der Waals surface area contributed by atoms with E-state index >= 15 is 0 Å². The monoisotopic (exact) mass is 298 g/mol. The lowest BCUT2D eigenvalue weighted by atomic mass is 10.0. The van der Waals surface area contributed by atoms with Gasteiger partial charge in [-0.3, -0.25) is 9.78 Å². The molecule has 0 radical (unpaired) electrons. The van der Waals surface area contributed by atoms with Gasteiger partial charge in [-0.15, -0.1) is 10.2 Å². The average molecular weight is 298 g/mol. The van der Waals surface area contributed by atoms with E-state index in [0.29, 0.717) is 10.6 Å². The first-order valence-electron chi connectivity index (χ1n) is 6.41. The number of nitrogens with zero attached hydrogens (tertiary/aromatic N) is 4. The molecule has 7 heteroatoms. The summed E-state index contributed by atoms with van der Waals surface area (Å²) < 4.78 is 2.00. The quantitative estimate of drug-likeness (QED) is 0.739. The standard InChI is InChI=1S/C14H10N4O2S/c19-9-3-8-1-2-18-6-10(14-17-16-7-21-14)12(20)4-11(18)13(8)15-5-9/h3-7,19H,1-2H2. The Hall–Kier alpha value is -2.54. The number of rotatable bonds is 1. The predicted molar refractivity (Wildman–Crippen MR) is 78.2 cm³/mol. The van der Waals surface area contributed by atoms with Crippen molar-refractivity contribution >= 4 is 11.3 Å². The van der Waals surface area contributed by atoms with Gasteiger partial charge in [0.15, 0.2) is 10.4 Å². The van der Waals surface area contributed by atoms with Gasteiger partial charge < -0.3 is 9.67 Å². The van der Waals surface area contributed by atoms with Crippen molar-refractivity contribution in [3.05, 3.63) is 45.8 Å². The Labute approximate surface area is 123 Å². The second kappa shape index (κ2) is 4.49. The van der Waals surface area contributed by atoms with Crippen molar-refractivity contribution in [3.63, 3.8) is 0 Å². The van der Waals surface area contributed by atoms with Gasteiger partial charge in [0.05, 0.1) is 23.1 Å². The Morgan fingerprint density at radius 3 is 3.05 bits per heavy atom. The summed E-state index contributed by atoms with van der Waals surface area (Å²) in [5, 5.41) is 17.9. The summed E-state index contributed by atoms with van der Waals surface area (Å²) in [5.74, 6) is 0.148. The number of aromatic nitrogens is 4. The number of aryl methyl sites for hydroxylation is 2. The molecule has 0 unspecified atom stereocenters. The molecule has 0 aliphatic carbocycles. The molecule has 4 rings (SSSR count). The summed E-state index contributed by atoms with van der Waals surface area (Å²) in [4.78, 5) is 16.6. The normalized spacial score (nSPS) is 12.8. The van der Waals surface area contributed by atoms with E-state index < -0.39 is 0 Å². The number of hydrogen-bond acceptors (Lipinski definition) is 6. The fraction of sp³-hybridized carbons (Fsp3) is 0.143. The zero-order chi connectivity index (χ0) is 14.4. The molecule has 104 valence electrons. The Bertz CT molecular complexity index is 886. The maximum Gasteiger partial charge on any atom is 0.192 e. The van der Waals surface area contributed by atoms with Gasteiger partial charge in [0, 0.05) is 18.8 Å². The van der Waals surface area contributed by atoms with Crippen molar-refractivity contribution in [1.82, 2.24) is 19.7 Å². The molecule has 0 fully saturated rings. The number of hydrogen-bond donors (Lipinski definition) is 1. The highest BCUT2D eigenvalue weighted by atomic mass is 32.1.